The summed E-state index contributed by atoms with van der Waals surface area (Å²) in [5.41, 5.74) is 8.89. The van der Waals surface area contributed by atoms with Crippen molar-refractivity contribution in [3.8, 4) is 0 Å². The fourth-order valence-electron chi connectivity index (χ4n) is 1.75. The highest BCUT2D eigenvalue weighted by atomic mass is 35.6. The molecule has 1 amide bonds. The fraction of sp³-hybridized carbons (Fsp3) is 0.400. The number of hydrogen-bond donors (Lipinski definition) is 0. The molecule has 0 radical (unpaired) electrons. The van der Waals surface area contributed by atoms with Crippen molar-refractivity contribution in [3.05, 3.63) is 16.8 Å². The Morgan fingerprint density at radius 3 is 2.62 bits per heavy atom. The lowest BCUT2D eigenvalue weighted by molar-refractivity contribution is -0.157. The number of fused-ring (bicyclic) bond motifs is 1. The Kier molecular flexibility index (Phi) is 4.37. The van der Waals surface area contributed by atoms with Crippen molar-refractivity contribution in [3.63, 3.8) is 0 Å². The number of ketones is 1. The van der Waals surface area contributed by atoms with Gasteiger partial charge >= 0.3 is 11.0 Å². The zero-order valence-corrected chi connectivity index (χ0v) is 13.4. The highest BCUT2D eigenvalue weighted by Gasteiger charge is 2.56. The molecule has 2 aliphatic heterocycles. The van der Waals surface area contributed by atoms with E-state index in [1.165, 1.54) is 6.92 Å². The third-order valence-corrected chi connectivity index (χ3v) is 4.27. The van der Waals surface area contributed by atoms with Crippen molar-refractivity contribution in [2.24, 2.45) is 0 Å². The Labute approximate surface area is 137 Å². The first kappa shape index (κ1) is 16.3. The third kappa shape index (κ3) is 2.95. The molecule has 0 N–H and O–H groups in total. The van der Waals surface area contributed by atoms with Gasteiger partial charge in [0.15, 0.2) is 5.37 Å². The van der Waals surface area contributed by atoms with Gasteiger partial charge in [0.2, 0.25) is 3.79 Å². The summed E-state index contributed by atoms with van der Waals surface area (Å²) < 4.78 is 2.99. The second-order valence-electron chi connectivity index (χ2n) is 4.08. The molecule has 0 aromatic heterocycles. The van der Waals surface area contributed by atoms with Crippen LogP contribution in [-0.4, -0.2) is 48.2 Å². The summed E-state index contributed by atoms with van der Waals surface area (Å²) in [5, 5.41) is -0.902. The molecule has 1 atom stereocenters. The van der Waals surface area contributed by atoms with E-state index in [2.05, 4.69) is 4.79 Å². The zero-order valence-electron chi connectivity index (χ0n) is 10.3. The first-order valence-corrected chi connectivity index (χ1v) is 7.40. The van der Waals surface area contributed by atoms with Gasteiger partial charge in [-0.3, -0.25) is 14.5 Å². The minimum Gasteiger partial charge on any atom is -0.456 e. The van der Waals surface area contributed by atoms with Gasteiger partial charge in [-0.2, -0.15) is 4.79 Å². The van der Waals surface area contributed by atoms with E-state index in [4.69, 9.17) is 45.1 Å². The topological polar surface area (TPSA) is 100 Å². The lowest BCUT2D eigenvalue weighted by atomic mass is 10.1. The fourth-order valence-corrected chi connectivity index (χ4v) is 2.96. The van der Waals surface area contributed by atoms with Crippen molar-refractivity contribution in [1.82, 2.24) is 4.90 Å². The molecule has 1 fully saturated rings. The molecule has 21 heavy (non-hydrogen) atoms. The van der Waals surface area contributed by atoms with E-state index in [0.29, 0.717) is 0 Å². The summed E-state index contributed by atoms with van der Waals surface area (Å²) in [6.07, 6.45) is 0. The molecular formula is C10H6Cl3N3O4S. The quantitative estimate of drug-likeness (QED) is 0.182. The highest BCUT2D eigenvalue weighted by Crippen LogP contribution is 2.39. The molecule has 11 heteroatoms. The van der Waals surface area contributed by atoms with Crippen LogP contribution in [0.2, 0.25) is 0 Å². The van der Waals surface area contributed by atoms with E-state index < -0.39 is 33.4 Å². The number of alkyl halides is 3. The number of thioether (sulfide) groups is 1. The van der Waals surface area contributed by atoms with Crippen LogP contribution in [0.3, 0.4) is 0 Å². The summed E-state index contributed by atoms with van der Waals surface area (Å²) >= 11 is 17.3. The maximum atomic E-state index is 12.1. The summed E-state index contributed by atoms with van der Waals surface area (Å²) in [5.74, 6) is -2.49. The highest BCUT2D eigenvalue weighted by molar-refractivity contribution is 8.15. The minimum atomic E-state index is -1.81. The Morgan fingerprint density at radius 2 is 2.10 bits per heavy atom. The number of ether oxygens (including phenoxy) is 1. The number of amides is 1. The van der Waals surface area contributed by atoms with E-state index in [9.17, 15) is 14.4 Å². The predicted octanol–water partition coefficient (Wildman–Crippen LogP) is 1.29. The number of halogens is 3. The average Bonchev–Trinajstić information content (AvgIpc) is 2.42. The van der Waals surface area contributed by atoms with E-state index in [-0.39, 0.29) is 16.3 Å². The lowest BCUT2D eigenvalue weighted by Gasteiger charge is -2.40. The van der Waals surface area contributed by atoms with Crippen LogP contribution >= 0.6 is 46.6 Å². The summed E-state index contributed by atoms with van der Waals surface area (Å²) in [6.45, 7) is 0.910. The molecule has 0 aromatic rings. The standard InChI is InChI=1S/C10H6Cl3N3O4S/c1-3-4(9(19)20-2-10(11,12)13)16-7(18)5(17)8(16)21-6(3)15-14/h8H,2H2,1H3/t8-/m0/s1. The largest absolute Gasteiger partial charge is 0.456 e. The van der Waals surface area contributed by atoms with Gasteiger partial charge in [-0.05, 0) is 18.7 Å². The van der Waals surface area contributed by atoms with Gasteiger partial charge in [0.1, 0.15) is 12.3 Å². The predicted molar refractivity (Wildman–Crippen MR) is 75.8 cm³/mol. The molecule has 2 aliphatic rings. The third-order valence-electron chi connectivity index (χ3n) is 2.68. The van der Waals surface area contributed by atoms with Gasteiger partial charge in [0.25, 0.3) is 11.7 Å². The van der Waals surface area contributed by atoms with Gasteiger partial charge in [0, 0.05) is 0 Å². The SMILES string of the molecule is CC1=C(C(=O)OCC(Cl)(Cl)Cl)N2C(=O)C(=O)[C@@H]2SC1=[N+]=[N-]. The van der Waals surface area contributed by atoms with Gasteiger partial charge < -0.3 is 10.3 Å². The molecule has 7 nitrogen and oxygen atoms in total. The number of β-lactam (4-membered cyclic amide) rings is 1. The monoisotopic (exact) mass is 369 g/mol. The van der Waals surface area contributed by atoms with E-state index in [0.717, 1.165) is 16.7 Å². The average molecular weight is 371 g/mol. The second-order valence-corrected chi connectivity index (χ2v) is 7.66. The summed E-state index contributed by atoms with van der Waals surface area (Å²) in [6, 6.07) is 0. The van der Waals surface area contributed by atoms with Crippen molar-refractivity contribution >= 4 is 69.3 Å². The maximum absolute atomic E-state index is 12.1. The van der Waals surface area contributed by atoms with Crippen LogP contribution in [0.25, 0.3) is 5.53 Å². The van der Waals surface area contributed by atoms with Crippen LogP contribution in [-0.2, 0) is 19.1 Å². The van der Waals surface area contributed by atoms with E-state index in [1.807, 2.05) is 0 Å². The number of esters is 1. The van der Waals surface area contributed by atoms with Crippen molar-refractivity contribution in [1.29, 1.82) is 0 Å². The zero-order chi connectivity index (χ0) is 15.9. The lowest BCUT2D eigenvalue weighted by Crippen LogP contribution is -2.62. The molecule has 1 saturated heterocycles. The number of Topliss-reactive ketones (excluding diaryl/α,β-unsaturated/α-hetero) is 1. The minimum absolute atomic E-state index is 0.0398. The smallest absolute Gasteiger partial charge is 0.357 e. The number of rotatable bonds is 2. The van der Waals surface area contributed by atoms with Crippen LogP contribution < -0.4 is 0 Å². The Balaban J connectivity index is 2.33. The molecule has 2 heterocycles. The van der Waals surface area contributed by atoms with Crippen LogP contribution in [0.15, 0.2) is 11.3 Å². The van der Waals surface area contributed by atoms with Crippen molar-refractivity contribution in [2.75, 3.05) is 6.61 Å². The Morgan fingerprint density at radius 1 is 1.48 bits per heavy atom. The Hall–Kier alpha value is -1.05. The van der Waals surface area contributed by atoms with E-state index >= 15 is 0 Å². The normalized spacial score (nSPS) is 21.8. The maximum Gasteiger partial charge on any atom is 0.357 e. The molecule has 0 unspecified atom stereocenters. The van der Waals surface area contributed by atoms with Crippen LogP contribution in [0.4, 0.5) is 0 Å². The van der Waals surface area contributed by atoms with Crippen LogP contribution in [0, 0.1) is 0 Å². The molecule has 2 rings (SSSR count). The molecular weight excluding hydrogens is 365 g/mol. The second kappa shape index (κ2) is 5.62. The Bertz CT molecular complexity index is 636. The number of carbonyl (C=O) groups is 3. The summed E-state index contributed by atoms with van der Waals surface area (Å²) in [7, 11) is 0. The molecule has 0 saturated carbocycles. The van der Waals surface area contributed by atoms with Crippen LogP contribution in [0.1, 0.15) is 6.92 Å². The van der Waals surface area contributed by atoms with Crippen molar-refractivity contribution in [2.45, 2.75) is 16.1 Å². The first-order valence-electron chi connectivity index (χ1n) is 5.38. The van der Waals surface area contributed by atoms with Gasteiger partial charge in [-0.1, -0.05) is 34.8 Å². The van der Waals surface area contributed by atoms with Gasteiger partial charge in [0.05, 0.1) is 5.57 Å². The molecule has 112 valence electrons. The van der Waals surface area contributed by atoms with Gasteiger partial charge in [-0.25, -0.2) is 4.79 Å². The molecule has 0 bridgehead atoms. The summed E-state index contributed by atoms with van der Waals surface area (Å²) in [4.78, 5) is 39.1. The number of hydrogen-bond acceptors (Lipinski definition) is 5. The molecule has 0 aromatic carbocycles. The van der Waals surface area contributed by atoms with Crippen molar-refractivity contribution < 1.29 is 23.9 Å². The van der Waals surface area contributed by atoms with E-state index in [1.54, 1.807) is 0 Å². The van der Waals surface area contributed by atoms with Crippen LogP contribution in [0.5, 0.6) is 0 Å². The first-order chi connectivity index (χ1) is 9.67. The molecule has 0 spiro atoms. The number of carbonyl (C=O) groups excluding carboxylic acids is 3. The molecule has 0 aliphatic carbocycles. The number of nitrogens with zero attached hydrogens (tertiary/aromatic N) is 3. The van der Waals surface area contributed by atoms with Gasteiger partial charge in [-0.15, -0.1) is 0 Å².